The number of thiazole rings is 1. The number of nitrogens with one attached hydrogen (secondary N) is 1. The summed E-state index contributed by atoms with van der Waals surface area (Å²) in [7, 11) is 0. The van der Waals surface area contributed by atoms with Crippen molar-refractivity contribution >= 4 is 22.4 Å². The number of aromatic nitrogens is 3. The van der Waals surface area contributed by atoms with Crippen molar-refractivity contribution in [3.63, 3.8) is 0 Å². The Morgan fingerprint density at radius 3 is 3.00 bits per heavy atom. The molecule has 0 radical (unpaired) electrons. The summed E-state index contributed by atoms with van der Waals surface area (Å²) < 4.78 is 0. The number of carboxylic acid groups (broad SMARTS) is 1. The molecule has 0 saturated heterocycles. The van der Waals surface area contributed by atoms with Crippen LogP contribution in [0.15, 0.2) is 12.4 Å². The van der Waals surface area contributed by atoms with Crippen LogP contribution in [-0.2, 0) is 0 Å². The van der Waals surface area contributed by atoms with E-state index >= 15 is 0 Å². The molecule has 0 saturated carbocycles. The Hall–Kier alpha value is -1.89. The van der Waals surface area contributed by atoms with Crippen molar-refractivity contribution in [1.82, 2.24) is 15.0 Å². The summed E-state index contributed by atoms with van der Waals surface area (Å²) in [5.74, 6) is -0.638. The molecular formula is C7H6N4O2S. The highest BCUT2D eigenvalue weighted by molar-refractivity contribution is 7.19. The van der Waals surface area contributed by atoms with E-state index in [1.807, 2.05) is 0 Å². The lowest BCUT2D eigenvalue weighted by molar-refractivity contribution is 0.0692. The molecule has 2 rings (SSSR count). The van der Waals surface area contributed by atoms with E-state index < -0.39 is 5.97 Å². The number of carboxylic acids is 1. The van der Waals surface area contributed by atoms with Crippen molar-refractivity contribution in [2.45, 2.75) is 0 Å². The molecule has 2 aromatic rings. The van der Waals surface area contributed by atoms with Crippen molar-refractivity contribution in [1.29, 1.82) is 0 Å². The van der Waals surface area contributed by atoms with E-state index in [0.29, 0.717) is 10.7 Å². The first kappa shape index (κ1) is 8.70. The Morgan fingerprint density at radius 2 is 2.43 bits per heavy atom. The largest absolute Gasteiger partial charge is 0.476 e. The highest BCUT2D eigenvalue weighted by Gasteiger charge is 2.18. The number of nitrogens with zero attached hydrogens (tertiary/aromatic N) is 2. The molecule has 0 bridgehead atoms. The van der Waals surface area contributed by atoms with E-state index in [0.717, 1.165) is 11.3 Å². The Bertz CT molecular complexity index is 462. The van der Waals surface area contributed by atoms with Gasteiger partial charge in [-0.2, -0.15) is 0 Å². The third kappa shape index (κ3) is 1.33. The van der Waals surface area contributed by atoms with Crippen LogP contribution < -0.4 is 5.73 Å². The number of rotatable bonds is 2. The predicted molar refractivity (Wildman–Crippen MR) is 51.1 cm³/mol. The zero-order valence-electron chi connectivity index (χ0n) is 6.89. The van der Waals surface area contributed by atoms with Gasteiger partial charge >= 0.3 is 5.97 Å². The van der Waals surface area contributed by atoms with Gasteiger partial charge in [0.25, 0.3) is 0 Å². The number of carbonyl (C=O) groups is 1. The molecular weight excluding hydrogens is 204 g/mol. The molecule has 0 fully saturated rings. The first-order chi connectivity index (χ1) is 6.68. The number of imidazole rings is 1. The van der Waals surface area contributed by atoms with Crippen LogP contribution in [0, 0.1) is 0 Å². The predicted octanol–water partition coefficient (Wildman–Crippen LogP) is 0.814. The summed E-state index contributed by atoms with van der Waals surface area (Å²) >= 11 is 1.09. The molecule has 7 heteroatoms. The molecule has 0 spiro atoms. The Morgan fingerprint density at radius 1 is 1.64 bits per heavy atom. The fourth-order valence-electron chi connectivity index (χ4n) is 1.03. The van der Waals surface area contributed by atoms with Crippen molar-refractivity contribution in [3.05, 3.63) is 18.1 Å². The molecule has 2 heterocycles. The molecule has 0 aliphatic heterocycles. The molecule has 0 aliphatic rings. The quantitative estimate of drug-likeness (QED) is 0.680. The summed E-state index contributed by atoms with van der Waals surface area (Å²) in [6.45, 7) is 0. The van der Waals surface area contributed by atoms with Gasteiger partial charge in [0.05, 0.1) is 0 Å². The second-order valence-electron chi connectivity index (χ2n) is 2.47. The Labute approximate surface area is 82.4 Å². The van der Waals surface area contributed by atoms with Gasteiger partial charge in [-0.1, -0.05) is 11.3 Å². The fourth-order valence-corrected chi connectivity index (χ4v) is 1.82. The number of aromatic carboxylic acids is 1. The van der Waals surface area contributed by atoms with Crippen LogP contribution in [0.5, 0.6) is 0 Å². The lowest BCUT2D eigenvalue weighted by atomic mass is 10.3. The fraction of sp³-hybridized carbons (Fsp3) is 0. The van der Waals surface area contributed by atoms with E-state index in [1.54, 1.807) is 6.20 Å². The number of nitrogens with two attached hydrogens (primary N) is 1. The highest BCUT2D eigenvalue weighted by Crippen LogP contribution is 2.28. The van der Waals surface area contributed by atoms with E-state index in [9.17, 15) is 4.79 Å². The molecule has 0 unspecified atom stereocenters. The number of aromatic amines is 1. The van der Waals surface area contributed by atoms with Gasteiger partial charge in [0.1, 0.15) is 10.7 Å². The molecule has 0 aromatic carbocycles. The zero-order chi connectivity index (χ0) is 10.1. The SMILES string of the molecule is Nc1nc(C(=O)O)c(-c2ncc[nH]2)s1. The number of anilines is 1. The molecule has 6 nitrogen and oxygen atoms in total. The summed E-state index contributed by atoms with van der Waals surface area (Å²) in [6.07, 6.45) is 3.15. The monoisotopic (exact) mass is 210 g/mol. The van der Waals surface area contributed by atoms with Gasteiger partial charge in [-0.15, -0.1) is 0 Å². The van der Waals surface area contributed by atoms with Gasteiger partial charge in [-0.3, -0.25) is 0 Å². The molecule has 14 heavy (non-hydrogen) atoms. The lowest BCUT2D eigenvalue weighted by Gasteiger charge is -1.91. The van der Waals surface area contributed by atoms with Crippen molar-refractivity contribution in [2.24, 2.45) is 0 Å². The average molecular weight is 210 g/mol. The van der Waals surface area contributed by atoms with Crippen LogP contribution >= 0.6 is 11.3 Å². The number of H-pyrrole nitrogens is 1. The molecule has 0 aliphatic carbocycles. The maximum Gasteiger partial charge on any atom is 0.356 e. The first-order valence-corrected chi connectivity index (χ1v) is 4.49. The third-order valence-electron chi connectivity index (χ3n) is 1.56. The van der Waals surface area contributed by atoms with E-state index in [4.69, 9.17) is 10.8 Å². The number of hydrogen-bond acceptors (Lipinski definition) is 5. The average Bonchev–Trinajstić information content (AvgIpc) is 2.70. The van der Waals surface area contributed by atoms with Crippen LogP contribution in [-0.4, -0.2) is 26.0 Å². The Balaban J connectivity index is 2.58. The van der Waals surface area contributed by atoms with Crippen LogP contribution in [0.4, 0.5) is 5.13 Å². The van der Waals surface area contributed by atoms with Crippen LogP contribution in [0.25, 0.3) is 10.7 Å². The summed E-state index contributed by atoms with van der Waals surface area (Å²) in [6, 6.07) is 0. The molecule has 72 valence electrons. The minimum Gasteiger partial charge on any atom is -0.476 e. The van der Waals surface area contributed by atoms with Gasteiger partial charge in [0.2, 0.25) is 0 Å². The van der Waals surface area contributed by atoms with Gasteiger partial charge in [-0.25, -0.2) is 14.8 Å². The smallest absolute Gasteiger partial charge is 0.356 e. The minimum atomic E-state index is -1.11. The number of nitrogen functional groups attached to an aromatic ring is 1. The standard InChI is InChI=1S/C7H6N4O2S/c8-7-11-3(6(12)13)4(14-7)5-9-1-2-10-5/h1-2H,(H2,8,11)(H,9,10)(H,12,13). The van der Waals surface area contributed by atoms with E-state index in [2.05, 4.69) is 15.0 Å². The normalized spacial score (nSPS) is 10.3. The van der Waals surface area contributed by atoms with Crippen LogP contribution in [0.1, 0.15) is 10.5 Å². The number of hydrogen-bond donors (Lipinski definition) is 3. The van der Waals surface area contributed by atoms with Crippen molar-refractivity contribution < 1.29 is 9.90 Å². The summed E-state index contributed by atoms with van der Waals surface area (Å²) in [4.78, 5) is 21.7. The van der Waals surface area contributed by atoms with Gasteiger partial charge in [0, 0.05) is 12.4 Å². The molecule has 0 amide bonds. The lowest BCUT2D eigenvalue weighted by Crippen LogP contribution is -1.99. The summed E-state index contributed by atoms with van der Waals surface area (Å²) in [5.41, 5.74) is 5.36. The van der Waals surface area contributed by atoms with Gasteiger partial charge in [-0.05, 0) is 0 Å². The Kier molecular flexibility index (Phi) is 1.93. The maximum absolute atomic E-state index is 10.8. The molecule has 2 aromatic heterocycles. The highest BCUT2D eigenvalue weighted by atomic mass is 32.1. The van der Waals surface area contributed by atoms with E-state index in [-0.39, 0.29) is 10.8 Å². The zero-order valence-corrected chi connectivity index (χ0v) is 7.71. The molecule has 0 atom stereocenters. The van der Waals surface area contributed by atoms with Crippen LogP contribution in [0.2, 0.25) is 0 Å². The van der Waals surface area contributed by atoms with Gasteiger partial charge < -0.3 is 15.8 Å². The maximum atomic E-state index is 10.8. The van der Waals surface area contributed by atoms with E-state index in [1.165, 1.54) is 6.20 Å². The second kappa shape index (κ2) is 3.11. The topological polar surface area (TPSA) is 105 Å². The van der Waals surface area contributed by atoms with Crippen molar-refractivity contribution in [3.8, 4) is 10.7 Å². The van der Waals surface area contributed by atoms with Gasteiger partial charge in [0.15, 0.2) is 10.8 Å². The third-order valence-corrected chi connectivity index (χ3v) is 2.45. The summed E-state index contributed by atoms with van der Waals surface area (Å²) in [5, 5.41) is 9.04. The minimum absolute atomic E-state index is 0.0672. The first-order valence-electron chi connectivity index (χ1n) is 3.68. The van der Waals surface area contributed by atoms with Crippen LogP contribution in [0.3, 0.4) is 0 Å². The van der Waals surface area contributed by atoms with Crippen molar-refractivity contribution in [2.75, 3.05) is 5.73 Å². The molecule has 4 N–H and O–H groups in total. The second-order valence-corrected chi connectivity index (χ2v) is 3.50.